The molecule has 1 fully saturated rings. The molecule has 0 unspecified atom stereocenters. The van der Waals surface area contributed by atoms with Crippen molar-refractivity contribution >= 4 is 45.3 Å². The molecular formula is C17H14IN3O2. The highest BCUT2D eigenvalue weighted by molar-refractivity contribution is 14.1. The largest absolute Gasteiger partial charge is 0.336 e. The van der Waals surface area contributed by atoms with Crippen LogP contribution in [0.2, 0.25) is 0 Å². The average molecular weight is 419 g/mol. The van der Waals surface area contributed by atoms with Gasteiger partial charge in [0.25, 0.3) is 11.6 Å². The lowest BCUT2D eigenvalue weighted by atomic mass is 10.1. The molecule has 1 amide bonds. The number of rotatable bonds is 3. The van der Waals surface area contributed by atoms with Crippen LogP contribution in [0.1, 0.15) is 40.5 Å². The molecule has 0 radical (unpaired) electrons. The number of hydrogen-bond acceptors (Lipinski definition) is 4. The van der Waals surface area contributed by atoms with Crippen LogP contribution in [0.15, 0.2) is 34.9 Å². The van der Waals surface area contributed by atoms with E-state index in [1.807, 2.05) is 37.3 Å². The van der Waals surface area contributed by atoms with Gasteiger partial charge < -0.3 is 9.84 Å². The Balaban J connectivity index is 1.75. The van der Waals surface area contributed by atoms with Gasteiger partial charge in [-0.2, -0.15) is 0 Å². The fraction of sp³-hybridized carbons (Fsp3) is 0.235. The Kier molecular flexibility index (Phi) is 3.56. The van der Waals surface area contributed by atoms with Crippen molar-refractivity contribution in [3.8, 4) is 0 Å². The summed E-state index contributed by atoms with van der Waals surface area (Å²) < 4.78 is 6.40. The van der Waals surface area contributed by atoms with Crippen molar-refractivity contribution in [3.05, 3.63) is 50.9 Å². The molecule has 1 aliphatic rings. The minimum atomic E-state index is -0.160. The highest BCUT2D eigenvalue weighted by atomic mass is 127. The predicted molar refractivity (Wildman–Crippen MR) is 95.6 cm³/mol. The number of anilines is 1. The monoisotopic (exact) mass is 419 g/mol. The number of pyridine rings is 1. The summed E-state index contributed by atoms with van der Waals surface area (Å²) >= 11 is 2.23. The van der Waals surface area contributed by atoms with Gasteiger partial charge in [-0.1, -0.05) is 5.16 Å². The number of hydrogen-bond donors (Lipinski definition) is 1. The van der Waals surface area contributed by atoms with Gasteiger partial charge in [0, 0.05) is 20.9 Å². The van der Waals surface area contributed by atoms with E-state index in [-0.39, 0.29) is 5.91 Å². The van der Waals surface area contributed by atoms with Crippen molar-refractivity contribution in [2.24, 2.45) is 0 Å². The fourth-order valence-electron chi connectivity index (χ4n) is 2.61. The van der Waals surface area contributed by atoms with Crippen LogP contribution in [0.5, 0.6) is 0 Å². The summed E-state index contributed by atoms with van der Waals surface area (Å²) in [5.74, 6) is 0.279. The van der Waals surface area contributed by atoms with Crippen molar-refractivity contribution in [2.45, 2.75) is 25.7 Å². The van der Waals surface area contributed by atoms with Gasteiger partial charge in [-0.05, 0) is 72.7 Å². The van der Waals surface area contributed by atoms with Gasteiger partial charge in [0.1, 0.15) is 0 Å². The molecule has 0 bridgehead atoms. The van der Waals surface area contributed by atoms with E-state index >= 15 is 0 Å². The van der Waals surface area contributed by atoms with Crippen LogP contribution < -0.4 is 5.32 Å². The maximum absolute atomic E-state index is 12.7. The summed E-state index contributed by atoms with van der Waals surface area (Å²) in [5, 5.41) is 7.59. The fourth-order valence-corrected chi connectivity index (χ4v) is 2.97. The van der Waals surface area contributed by atoms with Crippen LogP contribution >= 0.6 is 22.6 Å². The summed E-state index contributed by atoms with van der Waals surface area (Å²) in [6, 6.07) is 9.57. The first kappa shape index (κ1) is 14.6. The van der Waals surface area contributed by atoms with Crippen molar-refractivity contribution in [1.29, 1.82) is 0 Å². The van der Waals surface area contributed by atoms with E-state index < -0.39 is 0 Å². The Hall–Kier alpha value is -1.96. The topological polar surface area (TPSA) is 68.0 Å². The zero-order chi connectivity index (χ0) is 16.0. The van der Waals surface area contributed by atoms with Crippen LogP contribution in [-0.2, 0) is 0 Å². The number of nitrogens with zero attached hydrogens (tertiary/aromatic N) is 2. The lowest BCUT2D eigenvalue weighted by molar-refractivity contribution is 0.102. The highest BCUT2D eigenvalue weighted by Gasteiger charge is 2.28. The number of fused-ring (bicyclic) bond motifs is 1. The molecule has 3 aromatic rings. The second-order valence-corrected chi connectivity index (χ2v) is 7.02. The first-order valence-electron chi connectivity index (χ1n) is 7.45. The van der Waals surface area contributed by atoms with Gasteiger partial charge in [-0.25, -0.2) is 4.98 Å². The zero-order valence-electron chi connectivity index (χ0n) is 12.5. The van der Waals surface area contributed by atoms with Gasteiger partial charge in [0.2, 0.25) is 0 Å². The molecular weight excluding hydrogens is 405 g/mol. The zero-order valence-corrected chi connectivity index (χ0v) is 14.6. The minimum absolute atomic E-state index is 0.160. The van der Waals surface area contributed by atoms with Crippen molar-refractivity contribution < 1.29 is 9.32 Å². The molecule has 2 heterocycles. The molecule has 1 aromatic carbocycles. The summed E-state index contributed by atoms with van der Waals surface area (Å²) in [6.07, 6.45) is 2.23. The number of carbonyl (C=O) groups excluding carboxylic acids is 1. The van der Waals surface area contributed by atoms with Gasteiger partial charge in [-0.15, -0.1) is 0 Å². The number of carbonyl (C=O) groups is 1. The van der Waals surface area contributed by atoms with E-state index in [4.69, 9.17) is 4.52 Å². The Labute approximate surface area is 146 Å². The SMILES string of the molecule is Cc1noc2nc(C3CC3)cc(C(=O)Nc3ccc(I)cc3)c12. The lowest BCUT2D eigenvalue weighted by Crippen LogP contribution is -2.13. The van der Waals surface area contributed by atoms with Crippen LogP contribution in [0, 0.1) is 10.5 Å². The highest BCUT2D eigenvalue weighted by Crippen LogP contribution is 2.40. The van der Waals surface area contributed by atoms with Gasteiger partial charge in [0.05, 0.1) is 16.6 Å². The van der Waals surface area contributed by atoms with E-state index in [1.165, 1.54) is 0 Å². The number of nitrogens with one attached hydrogen (secondary N) is 1. The van der Waals surface area contributed by atoms with Crippen LogP contribution in [0.3, 0.4) is 0 Å². The quantitative estimate of drug-likeness (QED) is 0.645. The van der Waals surface area contributed by atoms with Crippen molar-refractivity contribution in [3.63, 3.8) is 0 Å². The number of halogens is 1. The van der Waals surface area contributed by atoms with Crippen LogP contribution in [0.25, 0.3) is 11.1 Å². The van der Waals surface area contributed by atoms with Gasteiger partial charge in [0.15, 0.2) is 0 Å². The number of benzene rings is 1. The van der Waals surface area contributed by atoms with E-state index in [0.717, 1.165) is 27.8 Å². The Morgan fingerprint density at radius 3 is 2.74 bits per heavy atom. The van der Waals surface area contributed by atoms with Gasteiger partial charge in [-0.3, -0.25) is 4.79 Å². The molecule has 4 rings (SSSR count). The Bertz CT molecular complexity index is 898. The van der Waals surface area contributed by atoms with Crippen molar-refractivity contribution in [2.75, 3.05) is 5.32 Å². The van der Waals surface area contributed by atoms with Crippen LogP contribution in [0.4, 0.5) is 5.69 Å². The number of amides is 1. The summed E-state index contributed by atoms with van der Waals surface area (Å²) in [4.78, 5) is 17.3. The molecule has 1 N–H and O–H groups in total. The molecule has 2 aromatic heterocycles. The molecule has 0 spiro atoms. The summed E-state index contributed by atoms with van der Waals surface area (Å²) in [5.41, 5.74) is 3.39. The molecule has 0 atom stereocenters. The first-order chi connectivity index (χ1) is 11.1. The molecule has 1 aliphatic carbocycles. The molecule has 116 valence electrons. The third-order valence-corrected chi connectivity index (χ3v) is 4.70. The maximum atomic E-state index is 12.7. The number of aromatic nitrogens is 2. The molecule has 23 heavy (non-hydrogen) atoms. The normalized spacial score (nSPS) is 14.2. The van der Waals surface area contributed by atoms with E-state index in [1.54, 1.807) is 0 Å². The van der Waals surface area contributed by atoms with Gasteiger partial charge >= 0.3 is 0 Å². The summed E-state index contributed by atoms with van der Waals surface area (Å²) in [6.45, 7) is 1.83. The second-order valence-electron chi connectivity index (χ2n) is 5.78. The van der Waals surface area contributed by atoms with E-state index in [0.29, 0.717) is 28.3 Å². The molecule has 6 heteroatoms. The molecule has 0 saturated heterocycles. The molecule has 0 aliphatic heterocycles. The smallest absolute Gasteiger partial charge is 0.259 e. The third-order valence-electron chi connectivity index (χ3n) is 3.98. The lowest BCUT2D eigenvalue weighted by Gasteiger charge is -2.08. The molecule has 5 nitrogen and oxygen atoms in total. The number of aryl methyl sites for hydroxylation is 1. The summed E-state index contributed by atoms with van der Waals surface area (Å²) in [7, 11) is 0. The van der Waals surface area contributed by atoms with Crippen molar-refractivity contribution in [1.82, 2.24) is 10.1 Å². The Morgan fingerprint density at radius 2 is 2.04 bits per heavy atom. The van der Waals surface area contributed by atoms with Crippen LogP contribution in [-0.4, -0.2) is 16.0 Å². The average Bonchev–Trinajstić information content (AvgIpc) is 3.33. The second kappa shape index (κ2) is 5.59. The Morgan fingerprint density at radius 1 is 1.30 bits per heavy atom. The first-order valence-corrected chi connectivity index (χ1v) is 8.53. The molecule has 1 saturated carbocycles. The minimum Gasteiger partial charge on any atom is -0.336 e. The predicted octanol–water partition coefficient (Wildman–Crippen LogP) is 4.27. The van der Waals surface area contributed by atoms with E-state index in [9.17, 15) is 4.79 Å². The van der Waals surface area contributed by atoms with E-state index in [2.05, 4.69) is 38.0 Å². The maximum Gasteiger partial charge on any atom is 0.259 e. The standard InChI is InChI=1S/C17H14IN3O2/c1-9-15-13(16(22)19-12-6-4-11(18)5-7-12)8-14(10-2-3-10)20-17(15)23-21-9/h4-8,10H,2-3H2,1H3,(H,19,22). The third kappa shape index (κ3) is 2.83.